The van der Waals surface area contributed by atoms with Crippen molar-refractivity contribution in [3.8, 4) is 5.75 Å². The van der Waals surface area contributed by atoms with Gasteiger partial charge >= 0.3 is 0 Å². The fourth-order valence-corrected chi connectivity index (χ4v) is 1.56. The zero-order valence-electron chi connectivity index (χ0n) is 7.77. The van der Waals surface area contributed by atoms with Gasteiger partial charge in [0.2, 0.25) is 0 Å². The molecule has 0 spiro atoms. The van der Waals surface area contributed by atoms with Gasteiger partial charge in [0.15, 0.2) is 5.75 Å². The van der Waals surface area contributed by atoms with Gasteiger partial charge in [-0.2, -0.15) is 0 Å². The molecule has 0 aliphatic heterocycles. The maximum Gasteiger partial charge on any atom is 0.165 e. The second-order valence-corrected chi connectivity index (χ2v) is 3.12. The molecule has 0 atom stereocenters. The highest BCUT2D eigenvalue weighted by Gasteiger charge is 2.03. The normalized spacial score (nSPS) is 15.2. The van der Waals surface area contributed by atoms with Crippen LogP contribution in [0.1, 0.15) is 4.11 Å². The van der Waals surface area contributed by atoms with Gasteiger partial charge in [0.25, 0.3) is 0 Å². The fraction of sp³-hybridized carbons (Fsp3) is 0.167. The number of halogens is 2. The van der Waals surface area contributed by atoms with Gasteiger partial charge in [0.05, 0.1) is 15.6 Å². The molecule has 1 aromatic heterocycles. The van der Waals surface area contributed by atoms with Crippen molar-refractivity contribution in [2.45, 2.75) is 0 Å². The quantitative estimate of drug-likeness (QED) is 0.732. The first-order valence-corrected chi connectivity index (χ1v) is 3.98. The Morgan fingerprint density at radius 1 is 1.70 bits per heavy atom. The van der Waals surface area contributed by atoms with E-state index < -0.39 is 7.04 Å². The van der Waals surface area contributed by atoms with Gasteiger partial charge in [-0.25, -0.2) is 4.98 Å². The average Bonchev–Trinajstić information content (AvgIpc) is 1.95. The highest BCUT2D eigenvalue weighted by atomic mass is 79.9. The van der Waals surface area contributed by atoms with Crippen molar-refractivity contribution in [2.24, 2.45) is 0 Å². The van der Waals surface area contributed by atoms with E-state index in [4.69, 9.17) is 8.85 Å². The molecule has 1 aromatic rings. The molecule has 1 heterocycles. The molecule has 1 rings (SSSR count). The molecule has 0 radical (unpaired) electrons. The molecule has 54 valence electrons. The van der Waals surface area contributed by atoms with Crippen molar-refractivity contribution >= 4 is 31.9 Å². The molecular weight excluding hydrogens is 262 g/mol. The predicted octanol–water partition coefficient (Wildman–Crippen LogP) is 2.62. The number of pyridine rings is 1. The molecule has 0 fully saturated rings. The molecule has 0 N–H and O–H groups in total. The molecule has 2 nitrogen and oxygen atoms in total. The first-order chi connectivity index (χ1) is 5.90. The zero-order chi connectivity index (χ0) is 10.1. The van der Waals surface area contributed by atoms with Gasteiger partial charge in [0.1, 0.15) is 4.60 Å². The Morgan fingerprint density at radius 3 is 3.10 bits per heavy atom. The van der Waals surface area contributed by atoms with E-state index in [0.29, 0.717) is 9.08 Å². The third-order valence-corrected chi connectivity index (χ3v) is 2.10. The number of hydrogen-bond acceptors (Lipinski definition) is 2. The standard InChI is InChI=1S/C6H5Br2NO/c1-10-5-4(7)2-3-9-6(5)8/h2-3H,1H3/i1D3. The summed E-state index contributed by atoms with van der Waals surface area (Å²) in [6.07, 6.45) is 1.53. The second kappa shape index (κ2) is 3.34. The van der Waals surface area contributed by atoms with E-state index in [0.717, 1.165) is 0 Å². The third-order valence-electron chi connectivity index (χ3n) is 0.915. The van der Waals surface area contributed by atoms with Crippen LogP contribution >= 0.6 is 31.9 Å². The molecule has 0 unspecified atom stereocenters. The Balaban J connectivity index is 3.00. The first-order valence-electron chi connectivity index (χ1n) is 3.89. The summed E-state index contributed by atoms with van der Waals surface area (Å²) in [6.45, 7) is 0. The van der Waals surface area contributed by atoms with Gasteiger partial charge < -0.3 is 4.74 Å². The maximum atomic E-state index is 6.90. The van der Waals surface area contributed by atoms with Gasteiger partial charge in [-0.1, -0.05) is 0 Å². The number of rotatable bonds is 1. The lowest BCUT2D eigenvalue weighted by atomic mass is 10.5. The van der Waals surface area contributed by atoms with E-state index in [-0.39, 0.29) is 5.75 Å². The van der Waals surface area contributed by atoms with Crippen LogP contribution in [-0.2, 0) is 0 Å². The molecule has 0 aromatic carbocycles. The molecular formula is C6H5Br2NO. The summed E-state index contributed by atoms with van der Waals surface area (Å²) < 4.78 is 26.3. The van der Waals surface area contributed by atoms with E-state index in [2.05, 4.69) is 36.8 Å². The Labute approximate surface area is 80.1 Å². The van der Waals surface area contributed by atoms with Crippen molar-refractivity contribution in [3.05, 3.63) is 21.3 Å². The lowest BCUT2D eigenvalue weighted by Crippen LogP contribution is -1.87. The number of methoxy groups -OCH3 is 1. The average molecular weight is 270 g/mol. The highest BCUT2D eigenvalue weighted by molar-refractivity contribution is 9.11. The molecule has 10 heavy (non-hydrogen) atoms. The van der Waals surface area contributed by atoms with Crippen LogP contribution in [0.5, 0.6) is 5.75 Å². The minimum absolute atomic E-state index is 0.183. The lowest BCUT2D eigenvalue weighted by molar-refractivity contribution is 0.407. The zero-order valence-corrected chi connectivity index (χ0v) is 7.94. The van der Waals surface area contributed by atoms with Crippen LogP contribution in [0.25, 0.3) is 0 Å². The van der Waals surface area contributed by atoms with Crippen molar-refractivity contribution in [1.82, 2.24) is 4.98 Å². The number of hydrogen-bond donors (Lipinski definition) is 0. The van der Waals surface area contributed by atoms with E-state index in [9.17, 15) is 0 Å². The van der Waals surface area contributed by atoms with Crippen molar-refractivity contribution in [2.75, 3.05) is 7.04 Å². The minimum atomic E-state index is -2.46. The lowest BCUT2D eigenvalue weighted by Gasteiger charge is -2.02. The predicted molar refractivity (Wildman–Crippen MR) is 46.2 cm³/mol. The van der Waals surface area contributed by atoms with Crippen molar-refractivity contribution < 1.29 is 8.85 Å². The van der Waals surface area contributed by atoms with E-state index >= 15 is 0 Å². The molecule has 0 saturated heterocycles. The topological polar surface area (TPSA) is 22.1 Å². The van der Waals surface area contributed by atoms with Gasteiger partial charge in [0, 0.05) is 6.20 Å². The summed E-state index contributed by atoms with van der Waals surface area (Å²) in [5.41, 5.74) is 0. The van der Waals surface area contributed by atoms with E-state index in [1.807, 2.05) is 0 Å². The van der Waals surface area contributed by atoms with Crippen LogP contribution in [-0.4, -0.2) is 12.0 Å². The summed E-state index contributed by atoms with van der Waals surface area (Å²) >= 11 is 6.24. The first kappa shape index (κ1) is 4.72. The van der Waals surface area contributed by atoms with E-state index in [1.54, 1.807) is 6.07 Å². The molecule has 0 aliphatic carbocycles. The summed E-state index contributed by atoms with van der Waals surface area (Å²) in [6, 6.07) is 1.60. The fourth-order valence-electron chi connectivity index (χ4n) is 0.492. The van der Waals surface area contributed by atoms with Gasteiger partial charge in [-0.3, -0.25) is 0 Å². The summed E-state index contributed by atoms with van der Waals surface area (Å²) in [7, 11) is -2.46. The summed E-state index contributed by atoms with van der Waals surface area (Å²) in [5.74, 6) is 0.183. The third kappa shape index (κ3) is 1.49. The van der Waals surface area contributed by atoms with E-state index in [1.165, 1.54) is 6.20 Å². The molecule has 0 saturated carbocycles. The smallest absolute Gasteiger partial charge is 0.165 e. The largest absolute Gasteiger partial charge is 0.493 e. The van der Waals surface area contributed by atoms with Crippen LogP contribution in [0, 0.1) is 0 Å². The highest BCUT2D eigenvalue weighted by Crippen LogP contribution is 2.30. The van der Waals surface area contributed by atoms with Gasteiger partial charge in [-0.15, -0.1) is 0 Å². The summed E-state index contributed by atoms with van der Waals surface area (Å²) in [5, 5.41) is 0. The van der Waals surface area contributed by atoms with Crippen LogP contribution < -0.4 is 4.74 Å². The Hall–Kier alpha value is -0.0900. The number of aromatic nitrogens is 1. The van der Waals surface area contributed by atoms with Crippen molar-refractivity contribution in [1.29, 1.82) is 0 Å². The van der Waals surface area contributed by atoms with Gasteiger partial charge in [-0.05, 0) is 37.9 Å². The Morgan fingerprint density at radius 2 is 2.50 bits per heavy atom. The maximum absolute atomic E-state index is 6.90. The molecule has 0 bridgehead atoms. The number of ether oxygens (including phenoxy) is 1. The molecule has 0 amide bonds. The van der Waals surface area contributed by atoms with Crippen LogP contribution in [0.3, 0.4) is 0 Å². The minimum Gasteiger partial charge on any atom is -0.493 e. The number of nitrogens with zero attached hydrogens (tertiary/aromatic N) is 1. The monoisotopic (exact) mass is 268 g/mol. The molecule has 4 heteroatoms. The second-order valence-electron chi connectivity index (χ2n) is 1.51. The van der Waals surface area contributed by atoms with Crippen LogP contribution in [0.2, 0.25) is 0 Å². The summed E-state index contributed by atoms with van der Waals surface area (Å²) in [4.78, 5) is 3.84. The SMILES string of the molecule is [2H]C([2H])([2H])Oc1c(Br)ccnc1Br. The van der Waals surface area contributed by atoms with Crippen molar-refractivity contribution in [3.63, 3.8) is 0 Å². The van der Waals surface area contributed by atoms with Crippen LogP contribution in [0.15, 0.2) is 21.3 Å². The Kier molecular flexibility index (Phi) is 1.58. The Bertz CT molecular complexity index is 295. The molecule has 0 aliphatic rings. The van der Waals surface area contributed by atoms with Crippen LogP contribution in [0.4, 0.5) is 0 Å².